The second-order valence-corrected chi connectivity index (χ2v) is 11.0. The van der Waals surface area contributed by atoms with Crippen LogP contribution < -0.4 is 21.6 Å². The molecule has 10 nitrogen and oxygen atoms in total. The first-order chi connectivity index (χ1) is 17.9. The van der Waals surface area contributed by atoms with Gasteiger partial charge in [0.15, 0.2) is 11.2 Å². The first-order valence-electron chi connectivity index (χ1n) is 12.7. The Morgan fingerprint density at radius 1 is 1.14 bits per heavy atom. The first-order valence-corrected chi connectivity index (χ1v) is 13.8. The predicted octanol–water partition coefficient (Wildman–Crippen LogP) is 3.34. The average molecular weight is 530 g/mol. The Morgan fingerprint density at radius 2 is 2.00 bits per heavy atom. The number of nitrogens with one attached hydrogen (secondary N) is 3. The number of benzene rings is 1. The summed E-state index contributed by atoms with van der Waals surface area (Å²) >= 11 is 1.83. The van der Waals surface area contributed by atoms with Gasteiger partial charge in [0.05, 0.1) is 18.3 Å². The summed E-state index contributed by atoms with van der Waals surface area (Å²) in [6.45, 7) is 0.582. The van der Waals surface area contributed by atoms with Crippen molar-refractivity contribution in [3.05, 3.63) is 40.4 Å². The van der Waals surface area contributed by atoms with Crippen LogP contribution in [0.3, 0.4) is 0 Å². The van der Waals surface area contributed by atoms with Crippen LogP contribution in [0.2, 0.25) is 0 Å². The molecule has 2 saturated heterocycles. The van der Waals surface area contributed by atoms with Crippen molar-refractivity contribution < 1.29 is 28.6 Å². The number of amides is 2. The molecular formula is C26H31N3O7S. The summed E-state index contributed by atoms with van der Waals surface area (Å²) in [6.07, 6.45) is 6.59. The van der Waals surface area contributed by atoms with Gasteiger partial charge in [0.25, 0.3) is 0 Å². The van der Waals surface area contributed by atoms with E-state index in [1.807, 2.05) is 17.8 Å². The minimum Gasteiger partial charge on any atom is -0.502 e. The average Bonchev–Trinajstić information content (AvgIpc) is 3.57. The minimum atomic E-state index is -0.850. The Balaban J connectivity index is 1.04. The normalized spacial score (nSPS) is 21.7. The van der Waals surface area contributed by atoms with Gasteiger partial charge in [-0.3, -0.25) is 4.79 Å². The van der Waals surface area contributed by atoms with Gasteiger partial charge in [-0.25, -0.2) is 9.59 Å². The third-order valence-corrected chi connectivity index (χ3v) is 8.73. The van der Waals surface area contributed by atoms with Crippen molar-refractivity contribution in [2.75, 3.05) is 12.3 Å². The molecule has 5 N–H and O–H groups in total. The number of aryl methyl sites for hydroxylation is 1. The maximum Gasteiger partial charge on any atom is 0.339 e. The molecule has 1 unspecified atom stereocenters. The van der Waals surface area contributed by atoms with Crippen molar-refractivity contribution in [1.29, 1.82) is 0 Å². The predicted molar refractivity (Wildman–Crippen MR) is 140 cm³/mol. The largest absolute Gasteiger partial charge is 0.502 e. The van der Waals surface area contributed by atoms with E-state index in [0.29, 0.717) is 41.2 Å². The Morgan fingerprint density at radius 3 is 2.84 bits per heavy atom. The van der Waals surface area contributed by atoms with E-state index >= 15 is 0 Å². The molecule has 2 fully saturated rings. The van der Waals surface area contributed by atoms with Gasteiger partial charge < -0.3 is 35.0 Å². The molecule has 11 heteroatoms. The SMILES string of the molecule is O=C1N[C@H]2[C@H](CS[C@H]2CCCC(NCCCCCc2cc3cc4ccoc4c(O)c3oc2=O)C(=O)O)N1. The third-order valence-electron chi connectivity index (χ3n) is 7.22. The summed E-state index contributed by atoms with van der Waals surface area (Å²) in [5, 5.41) is 30.7. The maximum absolute atomic E-state index is 12.4. The molecule has 4 atom stereocenters. The zero-order valence-electron chi connectivity index (χ0n) is 20.3. The summed E-state index contributed by atoms with van der Waals surface area (Å²) in [4.78, 5) is 35.6. The standard InChI is InChI=1S/C26H31N3O7S/c30-21-22-14(8-10-35-22)11-16-12-15(25(33)36-23(16)21)5-2-1-3-9-27-17(24(31)32)6-4-7-19-20-18(13-37-19)28-26(34)29-20/h8,10-12,17-20,27,30H,1-7,9,13H2,(H,31,32)(H2,28,29,34)/t17?,18-,19-,20-/m0/s1. The van der Waals surface area contributed by atoms with Crippen LogP contribution in [0.1, 0.15) is 44.1 Å². The van der Waals surface area contributed by atoms with Crippen LogP contribution in [0.25, 0.3) is 21.9 Å². The van der Waals surface area contributed by atoms with Gasteiger partial charge in [0, 0.05) is 27.3 Å². The van der Waals surface area contributed by atoms with E-state index in [2.05, 4.69) is 16.0 Å². The van der Waals surface area contributed by atoms with Gasteiger partial charge in [-0.1, -0.05) is 12.8 Å². The van der Waals surface area contributed by atoms with Crippen LogP contribution in [0, 0.1) is 0 Å². The summed E-state index contributed by atoms with van der Waals surface area (Å²) in [7, 11) is 0. The highest BCUT2D eigenvalue weighted by atomic mass is 32.2. The molecule has 0 aliphatic carbocycles. The lowest BCUT2D eigenvalue weighted by atomic mass is 10.0. The van der Waals surface area contributed by atoms with Crippen molar-refractivity contribution in [2.24, 2.45) is 0 Å². The molecule has 198 valence electrons. The lowest BCUT2D eigenvalue weighted by molar-refractivity contribution is -0.139. The van der Waals surface area contributed by atoms with E-state index < -0.39 is 17.6 Å². The summed E-state index contributed by atoms with van der Waals surface area (Å²) < 4.78 is 10.6. The van der Waals surface area contributed by atoms with Gasteiger partial charge in [-0.15, -0.1) is 0 Å². The lowest BCUT2D eigenvalue weighted by Gasteiger charge is -2.18. The first kappa shape index (κ1) is 25.5. The topological polar surface area (TPSA) is 154 Å². The molecule has 0 bridgehead atoms. The highest BCUT2D eigenvalue weighted by Gasteiger charge is 2.42. The fourth-order valence-corrected chi connectivity index (χ4v) is 6.81. The Kier molecular flexibility index (Phi) is 7.61. The van der Waals surface area contributed by atoms with Crippen LogP contribution in [-0.4, -0.2) is 57.9 Å². The third kappa shape index (κ3) is 5.57. The van der Waals surface area contributed by atoms with E-state index in [-0.39, 0.29) is 29.4 Å². The molecule has 1 aromatic carbocycles. The molecule has 0 spiro atoms. The van der Waals surface area contributed by atoms with Gasteiger partial charge in [0.2, 0.25) is 5.75 Å². The van der Waals surface area contributed by atoms with E-state index in [9.17, 15) is 24.6 Å². The zero-order chi connectivity index (χ0) is 25.9. The van der Waals surface area contributed by atoms with Crippen LogP contribution in [-0.2, 0) is 11.2 Å². The van der Waals surface area contributed by atoms with E-state index in [1.165, 1.54) is 6.26 Å². The maximum atomic E-state index is 12.4. The number of carboxylic acids is 1. The van der Waals surface area contributed by atoms with Gasteiger partial charge in [0.1, 0.15) is 6.04 Å². The minimum absolute atomic E-state index is 0.109. The van der Waals surface area contributed by atoms with Gasteiger partial charge in [-0.05, 0) is 56.8 Å². The quantitative estimate of drug-likeness (QED) is 0.135. The fourth-order valence-electron chi connectivity index (χ4n) is 5.26. The number of thioether (sulfide) groups is 1. The number of furan rings is 1. The second-order valence-electron chi connectivity index (χ2n) is 9.75. The van der Waals surface area contributed by atoms with Crippen molar-refractivity contribution in [3.8, 4) is 5.75 Å². The van der Waals surface area contributed by atoms with Crippen molar-refractivity contribution >= 4 is 45.7 Å². The zero-order valence-corrected chi connectivity index (χ0v) is 21.1. The molecule has 2 aliphatic heterocycles. The molecule has 37 heavy (non-hydrogen) atoms. The van der Waals surface area contributed by atoms with E-state index in [0.717, 1.165) is 43.2 Å². The molecule has 5 rings (SSSR count). The van der Waals surface area contributed by atoms with Crippen LogP contribution in [0.15, 0.2) is 38.1 Å². The number of phenols is 1. The number of fused-ring (bicyclic) bond motifs is 3. The number of carbonyl (C=O) groups is 2. The fraction of sp³-hybridized carbons (Fsp3) is 0.500. The Labute approximate surface area is 217 Å². The summed E-state index contributed by atoms with van der Waals surface area (Å²) in [5.41, 5.74) is 0.488. The number of hydrogen-bond donors (Lipinski definition) is 5. The summed E-state index contributed by atoms with van der Waals surface area (Å²) in [5.74, 6) is -0.128. The van der Waals surface area contributed by atoms with Crippen LogP contribution in [0.4, 0.5) is 4.79 Å². The number of unbranched alkanes of at least 4 members (excludes halogenated alkanes) is 2. The molecular weight excluding hydrogens is 498 g/mol. The number of phenolic OH excluding ortho intramolecular Hbond substituents is 1. The van der Waals surface area contributed by atoms with Crippen LogP contribution in [0.5, 0.6) is 5.75 Å². The Bertz CT molecular complexity index is 1350. The molecule has 0 saturated carbocycles. The molecule has 0 radical (unpaired) electrons. The van der Waals surface area contributed by atoms with Crippen molar-refractivity contribution in [1.82, 2.24) is 16.0 Å². The molecule has 4 heterocycles. The van der Waals surface area contributed by atoms with Crippen LogP contribution >= 0.6 is 11.8 Å². The van der Waals surface area contributed by atoms with E-state index in [1.54, 1.807) is 12.1 Å². The highest BCUT2D eigenvalue weighted by molar-refractivity contribution is 8.00. The molecule has 2 aliphatic rings. The summed E-state index contributed by atoms with van der Waals surface area (Å²) in [6, 6.07) is 4.92. The number of carboxylic acid groups (broad SMARTS) is 1. The monoisotopic (exact) mass is 529 g/mol. The number of aromatic hydroxyl groups is 1. The number of hydrogen-bond acceptors (Lipinski definition) is 8. The van der Waals surface area contributed by atoms with Crippen molar-refractivity contribution in [3.63, 3.8) is 0 Å². The number of aliphatic carboxylic acids is 1. The molecule has 2 amide bonds. The molecule has 2 aromatic heterocycles. The van der Waals surface area contributed by atoms with Gasteiger partial charge in [-0.2, -0.15) is 11.8 Å². The molecule has 3 aromatic rings. The lowest BCUT2D eigenvalue weighted by Crippen LogP contribution is -2.38. The number of carbonyl (C=O) groups excluding carboxylic acids is 1. The van der Waals surface area contributed by atoms with E-state index in [4.69, 9.17) is 8.83 Å². The Hall–Kier alpha value is -3.18. The highest BCUT2D eigenvalue weighted by Crippen LogP contribution is 2.34. The van der Waals surface area contributed by atoms with Gasteiger partial charge >= 0.3 is 17.6 Å². The second kappa shape index (κ2) is 11.1. The number of urea groups is 1. The number of rotatable bonds is 12. The smallest absolute Gasteiger partial charge is 0.339 e. The van der Waals surface area contributed by atoms with Crippen molar-refractivity contribution in [2.45, 2.75) is 68.3 Å².